The molecule has 0 aromatic rings. The molecule has 0 spiro atoms. The number of hydrogen-bond acceptors (Lipinski definition) is 3. The maximum absolute atomic E-state index is 10.8. The molecule has 1 heterocycles. The normalized spacial score (nSPS) is 26.9. The van der Waals surface area contributed by atoms with Crippen LogP contribution >= 0.6 is 0 Å². The fourth-order valence-electron chi connectivity index (χ4n) is 1.89. The first-order valence-electron chi connectivity index (χ1n) is 5.70. The predicted molar refractivity (Wildman–Crippen MR) is 57.9 cm³/mol. The SMILES string of the molecule is CC(C)OCCC1CCCC(C(=O)O)N1. The fraction of sp³-hybridized carbons (Fsp3) is 0.909. The van der Waals surface area contributed by atoms with Gasteiger partial charge in [0.15, 0.2) is 0 Å². The minimum atomic E-state index is -0.732. The van der Waals surface area contributed by atoms with E-state index >= 15 is 0 Å². The van der Waals surface area contributed by atoms with E-state index in [2.05, 4.69) is 5.32 Å². The van der Waals surface area contributed by atoms with Crippen molar-refractivity contribution >= 4 is 5.97 Å². The summed E-state index contributed by atoms with van der Waals surface area (Å²) >= 11 is 0. The highest BCUT2D eigenvalue weighted by atomic mass is 16.5. The van der Waals surface area contributed by atoms with E-state index in [4.69, 9.17) is 9.84 Å². The van der Waals surface area contributed by atoms with E-state index in [1.54, 1.807) is 0 Å². The number of carbonyl (C=O) groups is 1. The van der Waals surface area contributed by atoms with Gasteiger partial charge in [-0.3, -0.25) is 4.79 Å². The fourth-order valence-corrected chi connectivity index (χ4v) is 1.89. The summed E-state index contributed by atoms with van der Waals surface area (Å²) in [6.45, 7) is 4.73. The highest BCUT2D eigenvalue weighted by Crippen LogP contribution is 2.15. The summed E-state index contributed by atoms with van der Waals surface area (Å²) in [5.74, 6) is -0.732. The Morgan fingerprint density at radius 3 is 2.87 bits per heavy atom. The predicted octanol–water partition coefficient (Wildman–Crippen LogP) is 1.40. The summed E-state index contributed by atoms with van der Waals surface area (Å²) in [6.07, 6.45) is 3.96. The lowest BCUT2D eigenvalue weighted by Crippen LogP contribution is -2.47. The number of rotatable bonds is 5. The van der Waals surface area contributed by atoms with Gasteiger partial charge >= 0.3 is 5.97 Å². The van der Waals surface area contributed by atoms with Crippen molar-refractivity contribution in [2.45, 2.75) is 57.7 Å². The van der Waals surface area contributed by atoms with Crippen molar-refractivity contribution in [1.29, 1.82) is 0 Å². The maximum atomic E-state index is 10.8. The van der Waals surface area contributed by atoms with Crippen LogP contribution in [0.15, 0.2) is 0 Å². The summed E-state index contributed by atoms with van der Waals surface area (Å²) in [5.41, 5.74) is 0. The second-order valence-electron chi connectivity index (χ2n) is 4.39. The Kier molecular flexibility index (Phi) is 5.05. The Labute approximate surface area is 91.0 Å². The molecule has 0 aliphatic carbocycles. The van der Waals surface area contributed by atoms with Gasteiger partial charge in [0.1, 0.15) is 6.04 Å². The van der Waals surface area contributed by atoms with E-state index in [-0.39, 0.29) is 12.1 Å². The molecule has 0 radical (unpaired) electrons. The molecule has 4 heteroatoms. The van der Waals surface area contributed by atoms with Crippen LogP contribution in [0.5, 0.6) is 0 Å². The molecule has 1 saturated heterocycles. The van der Waals surface area contributed by atoms with Crippen molar-refractivity contribution in [2.24, 2.45) is 0 Å². The van der Waals surface area contributed by atoms with Crippen LogP contribution in [0, 0.1) is 0 Å². The molecule has 88 valence electrons. The van der Waals surface area contributed by atoms with Gasteiger partial charge in [0.25, 0.3) is 0 Å². The lowest BCUT2D eigenvalue weighted by atomic mass is 9.97. The van der Waals surface area contributed by atoms with Gasteiger partial charge in [-0.2, -0.15) is 0 Å². The monoisotopic (exact) mass is 215 g/mol. The lowest BCUT2D eigenvalue weighted by molar-refractivity contribution is -0.140. The van der Waals surface area contributed by atoms with Crippen LogP contribution in [0.4, 0.5) is 0 Å². The van der Waals surface area contributed by atoms with Gasteiger partial charge in [0.05, 0.1) is 6.10 Å². The average Bonchev–Trinajstić information content (AvgIpc) is 2.17. The molecular weight excluding hydrogens is 194 g/mol. The number of nitrogens with one attached hydrogen (secondary N) is 1. The Bertz CT molecular complexity index is 206. The van der Waals surface area contributed by atoms with Crippen molar-refractivity contribution in [1.82, 2.24) is 5.32 Å². The molecule has 2 unspecified atom stereocenters. The molecule has 1 fully saturated rings. The third-order valence-electron chi connectivity index (χ3n) is 2.70. The number of carboxylic acid groups (broad SMARTS) is 1. The summed E-state index contributed by atoms with van der Waals surface area (Å²) < 4.78 is 5.45. The molecule has 2 N–H and O–H groups in total. The number of ether oxygens (including phenoxy) is 1. The average molecular weight is 215 g/mol. The summed E-state index contributed by atoms with van der Waals surface area (Å²) in [6, 6.07) is -0.0543. The summed E-state index contributed by atoms with van der Waals surface area (Å²) in [7, 11) is 0. The lowest BCUT2D eigenvalue weighted by Gasteiger charge is -2.28. The van der Waals surface area contributed by atoms with Crippen LogP contribution in [-0.2, 0) is 9.53 Å². The first-order valence-corrected chi connectivity index (χ1v) is 5.70. The second-order valence-corrected chi connectivity index (χ2v) is 4.39. The van der Waals surface area contributed by atoms with Crippen molar-refractivity contribution in [3.63, 3.8) is 0 Å². The molecule has 0 aromatic heterocycles. The van der Waals surface area contributed by atoms with Gasteiger partial charge in [-0.15, -0.1) is 0 Å². The first kappa shape index (κ1) is 12.5. The van der Waals surface area contributed by atoms with E-state index in [1.807, 2.05) is 13.8 Å². The number of aliphatic carboxylic acids is 1. The zero-order valence-corrected chi connectivity index (χ0v) is 9.53. The zero-order chi connectivity index (χ0) is 11.3. The van der Waals surface area contributed by atoms with Crippen LogP contribution in [-0.4, -0.2) is 35.9 Å². The minimum absolute atomic E-state index is 0.254. The Hall–Kier alpha value is -0.610. The number of hydrogen-bond donors (Lipinski definition) is 2. The third-order valence-corrected chi connectivity index (χ3v) is 2.70. The highest BCUT2D eigenvalue weighted by Gasteiger charge is 2.25. The molecule has 1 aliphatic rings. The topological polar surface area (TPSA) is 58.6 Å². The van der Waals surface area contributed by atoms with Crippen LogP contribution in [0.25, 0.3) is 0 Å². The zero-order valence-electron chi connectivity index (χ0n) is 9.53. The second kappa shape index (κ2) is 6.08. The van der Waals surface area contributed by atoms with E-state index in [0.29, 0.717) is 12.6 Å². The van der Waals surface area contributed by atoms with Gasteiger partial charge in [-0.1, -0.05) is 0 Å². The summed E-state index contributed by atoms with van der Waals surface area (Å²) in [4.78, 5) is 10.8. The number of piperidine rings is 1. The molecule has 1 rings (SSSR count). The smallest absolute Gasteiger partial charge is 0.320 e. The quantitative estimate of drug-likeness (QED) is 0.727. The minimum Gasteiger partial charge on any atom is -0.480 e. The van der Waals surface area contributed by atoms with Gasteiger partial charge in [0.2, 0.25) is 0 Å². The van der Waals surface area contributed by atoms with Gasteiger partial charge < -0.3 is 15.2 Å². The van der Waals surface area contributed by atoms with Crippen molar-refractivity contribution in [2.75, 3.05) is 6.61 Å². The standard InChI is InChI=1S/C11H21NO3/c1-8(2)15-7-6-9-4-3-5-10(12-9)11(13)14/h8-10,12H,3-7H2,1-2H3,(H,13,14). The largest absolute Gasteiger partial charge is 0.480 e. The first-order chi connectivity index (χ1) is 7.09. The molecule has 0 amide bonds. The van der Waals surface area contributed by atoms with E-state index in [0.717, 1.165) is 25.7 Å². The molecule has 15 heavy (non-hydrogen) atoms. The van der Waals surface area contributed by atoms with E-state index in [9.17, 15) is 4.79 Å². The van der Waals surface area contributed by atoms with Crippen LogP contribution in [0.1, 0.15) is 39.5 Å². The van der Waals surface area contributed by atoms with Crippen LogP contribution in [0.3, 0.4) is 0 Å². The van der Waals surface area contributed by atoms with Gasteiger partial charge in [0, 0.05) is 12.6 Å². The van der Waals surface area contributed by atoms with Gasteiger partial charge in [-0.25, -0.2) is 0 Å². The van der Waals surface area contributed by atoms with Crippen molar-refractivity contribution in [3.05, 3.63) is 0 Å². The molecule has 2 atom stereocenters. The molecule has 0 saturated carbocycles. The summed E-state index contributed by atoms with van der Waals surface area (Å²) in [5, 5.41) is 12.0. The van der Waals surface area contributed by atoms with Crippen LogP contribution < -0.4 is 5.32 Å². The molecule has 0 bridgehead atoms. The highest BCUT2D eigenvalue weighted by molar-refractivity contribution is 5.73. The Balaban J connectivity index is 2.21. The molecule has 0 aromatic carbocycles. The van der Waals surface area contributed by atoms with E-state index in [1.165, 1.54) is 0 Å². The third kappa shape index (κ3) is 4.62. The van der Waals surface area contributed by atoms with Crippen molar-refractivity contribution < 1.29 is 14.6 Å². The Morgan fingerprint density at radius 1 is 1.53 bits per heavy atom. The molecule has 1 aliphatic heterocycles. The Morgan fingerprint density at radius 2 is 2.27 bits per heavy atom. The van der Waals surface area contributed by atoms with Gasteiger partial charge in [-0.05, 0) is 39.5 Å². The van der Waals surface area contributed by atoms with Crippen molar-refractivity contribution in [3.8, 4) is 0 Å². The number of carboxylic acids is 1. The maximum Gasteiger partial charge on any atom is 0.320 e. The van der Waals surface area contributed by atoms with Crippen LogP contribution in [0.2, 0.25) is 0 Å². The molecular formula is C11H21NO3. The van der Waals surface area contributed by atoms with E-state index < -0.39 is 5.97 Å². The molecule has 4 nitrogen and oxygen atoms in total.